The van der Waals surface area contributed by atoms with Crippen LogP contribution < -0.4 is 11.1 Å². The number of carboxylic acids is 1. The molecule has 1 atom stereocenters. The minimum atomic E-state index is -1.06. The van der Waals surface area contributed by atoms with E-state index in [1.54, 1.807) is 13.8 Å². The average molecular weight is 202 g/mol. The first-order chi connectivity index (χ1) is 6.37. The van der Waals surface area contributed by atoms with Gasteiger partial charge in [0.15, 0.2) is 0 Å². The number of hydrogen-bond acceptors (Lipinski definition) is 3. The molecule has 0 aliphatic carbocycles. The van der Waals surface area contributed by atoms with Gasteiger partial charge in [-0.05, 0) is 19.8 Å². The monoisotopic (exact) mass is 202 g/mol. The van der Waals surface area contributed by atoms with Crippen LogP contribution in [-0.2, 0) is 9.59 Å². The zero-order chi connectivity index (χ0) is 11.4. The van der Waals surface area contributed by atoms with Crippen molar-refractivity contribution in [3.05, 3.63) is 0 Å². The number of amides is 1. The lowest BCUT2D eigenvalue weighted by Gasteiger charge is -2.26. The summed E-state index contributed by atoms with van der Waals surface area (Å²) in [6, 6.07) is -0.900. The Kier molecular flexibility index (Phi) is 4.56. The van der Waals surface area contributed by atoms with Crippen LogP contribution in [0, 0.1) is 0 Å². The highest BCUT2D eigenvalue weighted by Crippen LogP contribution is 2.11. The third kappa shape index (κ3) is 2.99. The van der Waals surface area contributed by atoms with Gasteiger partial charge < -0.3 is 16.2 Å². The largest absolute Gasteiger partial charge is 0.480 e. The Balaban J connectivity index is 4.40. The van der Waals surface area contributed by atoms with Crippen molar-refractivity contribution in [2.45, 2.75) is 45.2 Å². The Morgan fingerprint density at radius 3 is 2.14 bits per heavy atom. The van der Waals surface area contributed by atoms with Gasteiger partial charge in [-0.15, -0.1) is 0 Å². The highest BCUT2D eigenvalue weighted by atomic mass is 16.4. The van der Waals surface area contributed by atoms with Gasteiger partial charge in [-0.1, -0.05) is 13.8 Å². The SMILES string of the molecule is CCC(N)(CC)C(=O)N[C@@H](C)C(=O)O. The van der Waals surface area contributed by atoms with Gasteiger partial charge in [0.1, 0.15) is 6.04 Å². The number of carboxylic acid groups (broad SMARTS) is 1. The second kappa shape index (κ2) is 4.95. The molecule has 5 nitrogen and oxygen atoms in total. The molecular weight excluding hydrogens is 184 g/mol. The molecule has 0 fully saturated rings. The van der Waals surface area contributed by atoms with Crippen LogP contribution in [0.2, 0.25) is 0 Å². The lowest BCUT2D eigenvalue weighted by molar-refractivity contribution is -0.142. The summed E-state index contributed by atoms with van der Waals surface area (Å²) in [5.74, 6) is -1.47. The van der Waals surface area contributed by atoms with Crippen LogP contribution in [0.15, 0.2) is 0 Å². The number of carbonyl (C=O) groups excluding carboxylic acids is 1. The van der Waals surface area contributed by atoms with E-state index in [-0.39, 0.29) is 0 Å². The molecule has 0 aromatic carbocycles. The number of carbonyl (C=O) groups is 2. The summed E-state index contributed by atoms with van der Waals surface area (Å²) in [6.45, 7) is 5.01. The molecule has 5 heteroatoms. The van der Waals surface area contributed by atoms with Crippen LogP contribution in [0.3, 0.4) is 0 Å². The van der Waals surface area contributed by atoms with Crippen LogP contribution in [0.5, 0.6) is 0 Å². The minimum Gasteiger partial charge on any atom is -0.480 e. The molecule has 0 bridgehead atoms. The molecule has 0 aliphatic heterocycles. The Labute approximate surface area is 83.7 Å². The number of aliphatic carboxylic acids is 1. The van der Waals surface area contributed by atoms with Gasteiger partial charge >= 0.3 is 5.97 Å². The Bertz CT molecular complexity index is 224. The summed E-state index contributed by atoms with van der Waals surface area (Å²) in [7, 11) is 0. The van der Waals surface area contributed by atoms with E-state index in [0.717, 1.165) is 0 Å². The van der Waals surface area contributed by atoms with Crippen LogP contribution in [0.1, 0.15) is 33.6 Å². The Hall–Kier alpha value is -1.10. The van der Waals surface area contributed by atoms with Crippen molar-refractivity contribution in [1.82, 2.24) is 5.32 Å². The predicted octanol–water partition coefficient (Wildman–Crippen LogP) is 0.0932. The zero-order valence-electron chi connectivity index (χ0n) is 8.83. The van der Waals surface area contributed by atoms with E-state index in [1.165, 1.54) is 6.92 Å². The average Bonchev–Trinajstić information content (AvgIpc) is 2.16. The summed E-state index contributed by atoms with van der Waals surface area (Å²) in [5.41, 5.74) is 4.83. The van der Waals surface area contributed by atoms with E-state index in [9.17, 15) is 9.59 Å². The summed E-state index contributed by atoms with van der Waals surface area (Å²) in [4.78, 5) is 22.0. The molecular formula is C9H18N2O3. The molecule has 0 saturated carbocycles. The Morgan fingerprint density at radius 2 is 1.86 bits per heavy atom. The van der Waals surface area contributed by atoms with Crippen LogP contribution >= 0.6 is 0 Å². The molecule has 0 saturated heterocycles. The van der Waals surface area contributed by atoms with Gasteiger partial charge in [0.2, 0.25) is 5.91 Å². The second-order valence-electron chi connectivity index (χ2n) is 3.40. The molecule has 0 radical (unpaired) electrons. The van der Waals surface area contributed by atoms with Crippen molar-refractivity contribution in [3.8, 4) is 0 Å². The van der Waals surface area contributed by atoms with Crippen LogP contribution in [-0.4, -0.2) is 28.6 Å². The summed E-state index contributed by atoms with van der Waals surface area (Å²) < 4.78 is 0. The fraction of sp³-hybridized carbons (Fsp3) is 0.778. The second-order valence-corrected chi connectivity index (χ2v) is 3.40. The molecule has 4 N–H and O–H groups in total. The van der Waals surface area contributed by atoms with Crippen molar-refractivity contribution in [1.29, 1.82) is 0 Å². The first kappa shape index (κ1) is 12.9. The third-order valence-corrected chi connectivity index (χ3v) is 2.43. The predicted molar refractivity (Wildman–Crippen MR) is 52.7 cm³/mol. The first-order valence-electron chi connectivity index (χ1n) is 4.70. The zero-order valence-corrected chi connectivity index (χ0v) is 8.83. The molecule has 0 heterocycles. The molecule has 14 heavy (non-hydrogen) atoms. The molecule has 1 amide bonds. The fourth-order valence-corrected chi connectivity index (χ4v) is 0.973. The van der Waals surface area contributed by atoms with Crippen LogP contribution in [0.4, 0.5) is 0 Å². The minimum absolute atomic E-state index is 0.405. The summed E-state index contributed by atoms with van der Waals surface area (Å²) in [6.07, 6.45) is 0.976. The molecule has 0 rings (SSSR count). The molecule has 0 aromatic heterocycles. The lowest BCUT2D eigenvalue weighted by atomic mass is 9.93. The van der Waals surface area contributed by atoms with E-state index in [1.807, 2.05) is 0 Å². The van der Waals surface area contributed by atoms with Crippen molar-refractivity contribution < 1.29 is 14.7 Å². The van der Waals surface area contributed by atoms with Crippen molar-refractivity contribution >= 4 is 11.9 Å². The van der Waals surface area contributed by atoms with Gasteiger partial charge in [-0.2, -0.15) is 0 Å². The molecule has 0 aromatic rings. The molecule has 0 unspecified atom stereocenters. The van der Waals surface area contributed by atoms with Gasteiger partial charge in [0.25, 0.3) is 0 Å². The highest BCUT2D eigenvalue weighted by Gasteiger charge is 2.31. The van der Waals surface area contributed by atoms with Crippen molar-refractivity contribution in [3.63, 3.8) is 0 Å². The molecule has 0 aliphatic rings. The van der Waals surface area contributed by atoms with E-state index in [4.69, 9.17) is 10.8 Å². The third-order valence-electron chi connectivity index (χ3n) is 2.43. The normalized spacial score (nSPS) is 13.4. The van der Waals surface area contributed by atoms with E-state index in [0.29, 0.717) is 12.8 Å². The maximum atomic E-state index is 11.5. The maximum absolute atomic E-state index is 11.5. The van der Waals surface area contributed by atoms with Crippen LogP contribution in [0.25, 0.3) is 0 Å². The van der Waals surface area contributed by atoms with Crippen molar-refractivity contribution in [2.75, 3.05) is 0 Å². The van der Waals surface area contributed by atoms with Crippen molar-refractivity contribution in [2.24, 2.45) is 5.73 Å². The quantitative estimate of drug-likeness (QED) is 0.589. The first-order valence-corrected chi connectivity index (χ1v) is 4.70. The number of rotatable bonds is 5. The fourth-order valence-electron chi connectivity index (χ4n) is 0.973. The maximum Gasteiger partial charge on any atom is 0.325 e. The van der Waals surface area contributed by atoms with E-state index < -0.39 is 23.5 Å². The Morgan fingerprint density at radius 1 is 1.43 bits per heavy atom. The highest BCUT2D eigenvalue weighted by molar-refractivity contribution is 5.89. The number of nitrogens with one attached hydrogen (secondary N) is 1. The summed E-state index contributed by atoms with van der Waals surface area (Å²) >= 11 is 0. The number of hydrogen-bond donors (Lipinski definition) is 3. The molecule has 82 valence electrons. The summed E-state index contributed by atoms with van der Waals surface area (Å²) in [5, 5.41) is 10.9. The lowest BCUT2D eigenvalue weighted by Crippen LogP contribution is -2.56. The van der Waals surface area contributed by atoms with E-state index >= 15 is 0 Å². The van der Waals surface area contributed by atoms with Gasteiger partial charge in [0.05, 0.1) is 5.54 Å². The van der Waals surface area contributed by atoms with E-state index in [2.05, 4.69) is 5.32 Å². The standard InChI is InChI=1S/C9H18N2O3/c1-4-9(10,5-2)8(14)11-6(3)7(12)13/h6H,4-5,10H2,1-3H3,(H,11,14)(H,12,13)/t6-/m0/s1. The smallest absolute Gasteiger partial charge is 0.325 e. The molecule has 0 spiro atoms. The number of nitrogens with two attached hydrogens (primary N) is 1. The van der Waals surface area contributed by atoms with Gasteiger partial charge in [-0.25, -0.2) is 0 Å². The topological polar surface area (TPSA) is 92.4 Å². The van der Waals surface area contributed by atoms with Gasteiger partial charge in [-0.3, -0.25) is 9.59 Å². The van der Waals surface area contributed by atoms with Gasteiger partial charge in [0, 0.05) is 0 Å².